The van der Waals surface area contributed by atoms with Crippen LogP contribution in [0.25, 0.3) is 0 Å². The van der Waals surface area contributed by atoms with Crippen molar-refractivity contribution < 1.29 is 18.7 Å². The van der Waals surface area contributed by atoms with E-state index in [9.17, 15) is 14.0 Å². The number of methoxy groups -OCH3 is 1. The van der Waals surface area contributed by atoms with Gasteiger partial charge in [0.2, 0.25) is 5.91 Å². The lowest BCUT2D eigenvalue weighted by Gasteiger charge is -2.17. The number of benzene rings is 1. The maximum atomic E-state index is 13.1. The number of ether oxygens (including phenoxy) is 1. The van der Waals surface area contributed by atoms with E-state index in [-0.39, 0.29) is 24.6 Å². The first-order valence-corrected chi connectivity index (χ1v) is 6.00. The van der Waals surface area contributed by atoms with E-state index in [1.807, 2.05) is 0 Å². The molecule has 0 fully saturated rings. The fraction of sp³-hybridized carbons (Fsp3) is 0.429. The molecular weight excluding hydrogens is 249 g/mol. The van der Waals surface area contributed by atoms with Crippen LogP contribution in [0.15, 0.2) is 18.2 Å². The van der Waals surface area contributed by atoms with Gasteiger partial charge in [0.15, 0.2) is 0 Å². The zero-order valence-electron chi connectivity index (χ0n) is 11.4. The Labute approximate surface area is 112 Å². The predicted molar refractivity (Wildman–Crippen MR) is 68.9 cm³/mol. The number of carbonyl (C=O) groups is 2. The third kappa shape index (κ3) is 4.69. The number of halogens is 1. The van der Waals surface area contributed by atoms with Crippen molar-refractivity contribution in [3.8, 4) is 0 Å². The summed E-state index contributed by atoms with van der Waals surface area (Å²) in [5.74, 6) is -0.810. The lowest BCUT2D eigenvalue weighted by molar-refractivity contribution is -0.143. The van der Waals surface area contributed by atoms with Crippen LogP contribution >= 0.6 is 0 Å². The molecule has 0 aliphatic rings. The van der Waals surface area contributed by atoms with E-state index in [2.05, 4.69) is 4.74 Å². The average Bonchev–Trinajstić information content (AvgIpc) is 2.39. The molecule has 104 valence electrons. The Morgan fingerprint density at radius 2 is 2.00 bits per heavy atom. The van der Waals surface area contributed by atoms with Gasteiger partial charge < -0.3 is 9.64 Å². The van der Waals surface area contributed by atoms with Gasteiger partial charge in [0.1, 0.15) is 5.82 Å². The zero-order chi connectivity index (χ0) is 14.4. The van der Waals surface area contributed by atoms with E-state index < -0.39 is 5.97 Å². The van der Waals surface area contributed by atoms with Crippen molar-refractivity contribution in [1.82, 2.24) is 4.90 Å². The van der Waals surface area contributed by atoms with Crippen molar-refractivity contribution in [2.45, 2.75) is 26.3 Å². The SMILES string of the molecule is COC(=O)CCC(=O)N(C)Cc1ccc(F)c(C)c1. The normalized spacial score (nSPS) is 10.1. The number of hydrogen-bond acceptors (Lipinski definition) is 3. The fourth-order valence-electron chi connectivity index (χ4n) is 1.67. The number of nitrogens with zero attached hydrogens (tertiary/aromatic N) is 1. The largest absolute Gasteiger partial charge is 0.469 e. The number of amides is 1. The first-order valence-electron chi connectivity index (χ1n) is 6.00. The minimum absolute atomic E-state index is 0.0715. The maximum absolute atomic E-state index is 13.1. The Hall–Kier alpha value is -1.91. The number of rotatable bonds is 5. The minimum Gasteiger partial charge on any atom is -0.469 e. The third-order valence-electron chi connectivity index (χ3n) is 2.84. The molecule has 0 aromatic heterocycles. The van der Waals surface area contributed by atoms with Crippen LogP contribution < -0.4 is 0 Å². The van der Waals surface area contributed by atoms with Crippen LogP contribution in [0.5, 0.6) is 0 Å². The van der Waals surface area contributed by atoms with Crippen molar-refractivity contribution in [3.63, 3.8) is 0 Å². The number of esters is 1. The highest BCUT2D eigenvalue weighted by atomic mass is 19.1. The zero-order valence-corrected chi connectivity index (χ0v) is 11.4. The Balaban J connectivity index is 2.53. The molecule has 0 unspecified atom stereocenters. The molecule has 0 atom stereocenters. The topological polar surface area (TPSA) is 46.6 Å². The molecule has 1 aromatic carbocycles. The molecule has 0 radical (unpaired) electrons. The molecule has 0 aliphatic heterocycles. The first kappa shape index (κ1) is 15.1. The second-order valence-electron chi connectivity index (χ2n) is 4.41. The van der Waals surface area contributed by atoms with Gasteiger partial charge in [-0.15, -0.1) is 0 Å². The molecular formula is C14H18FNO3. The fourth-order valence-corrected chi connectivity index (χ4v) is 1.67. The van der Waals surface area contributed by atoms with Crippen LogP contribution in [0.4, 0.5) is 4.39 Å². The summed E-state index contributed by atoms with van der Waals surface area (Å²) in [5, 5.41) is 0. The van der Waals surface area contributed by atoms with Crippen molar-refractivity contribution in [2.75, 3.05) is 14.2 Å². The molecule has 1 aromatic rings. The van der Waals surface area contributed by atoms with E-state index in [0.29, 0.717) is 12.1 Å². The molecule has 0 saturated carbocycles. The minimum atomic E-state index is -0.403. The van der Waals surface area contributed by atoms with Crippen LogP contribution in [0.1, 0.15) is 24.0 Å². The quantitative estimate of drug-likeness (QED) is 0.767. The molecule has 19 heavy (non-hydrogen) atoms. The summed E-state index contributed by atoms with van der Waals surface area (Å²) in [6, 6.07) is 4.74. The maximum Gasteiger partial charge on any atom is 0.306 e. The van der Waals surface area contributed by atoms with Crippen molar-refractivity contribution in [3.05, 3.63) is 35.1 Å². The lowest BCUT2D eigenvalue weighted by atomic mass is 10.1. The van der Waals surface area contributed by atoms with Crippen molar-refractivity contribution in [2.24, 2.45) is 0 Å². The van der Waals surface area contributed by atoms with Crippen LogP contribution in [-0.4, -0.2) is 30.9 Å². The predicted octanol–water partition coefficient (Wildman–Crippen LogP) is 2.05. The van der Waals surface area contributed by atoms with E-state index in [0.717, 1.165) is 5.56 Å². The van der Waals surface area contributed by atoms with Gasteiger partial charge in [-0.1, -0.05) is 12.1 Å². The molecule has 1 amide bonds. The third-order valence-corrected chi connectivity index (χ3v) is 2.84. The van der Waals surface area contributed by atoms with Gasteiger partial charge in [0.05, 0.1) is 13.5 Å². The summed E-state index contributed by atoms with van der Waals surface area (Å²) >= 11 is 0. The highest BCUT2D eigenvalue weighted by molar-refractivity contribution is 5.81. The molecule has 0 bridgehead atoms. The molecule has 0 aliphatic carbocycles. The Bertz CT molecular complexity index is 474. The standard InChI is InChI=1S/C14H18FNO3/c1-10-8-11(4-5-12(10)15)9-16(2)13(17)6-7-14(18)19-3/h4-5,8H,6-7,9H2,1-3H3. The smallest absolute Gasteiger partial charge is 0.306 e. The number of aryl methyl sites for hydroxylation is 1. The highest BCUT2D eigenvalue weighted by Crippen LogP contribution is 2.11. The van der Waals surface area contributed by atoms with Crippen LogP contribution in [0.2, 0.25) is 0 Å². The van der Waals surface area contributed by atoms with Crippen LogP contribution in [-0.2, 0) is 20.9 Å². The molecule has 4 nitrogen and oxygen atoms in total. The van der Waals surface area contributed by atoms with Crippen LogP contribution in [0.3, 0.4) is 0 Å². The second-order valence-corrected chi connectivity index (χ2v) is 4.41. The van der Waals surface area contributed by atoms with Gasteiger partial charge in [-0.3, -0.25) is 9.59 Å². The molecule has 5 heteroatoms. The van der Waals surface area contributed by atoms with Gasteiger partial charge in [0, 0.05) is 20.0 Å². The molecule has 0 heterocycles. The summed E-state index contributed by atoms with van der Waals surface area (Å²) in [4.78, 5) is 24.2. The van der Waals surface area contributed by atoms with Gasteiger partial charge in [0.25, 0.3) is 0 Å². The monoisotopic (exact) mass is 267 g/mol. The van der Waals surface area contributed by atoms with E-state index in [1.54, 1.807) is 26.1 Å². The van der Waals surface area contributed by atoms with E-state index >= 15 is 0 Å². The van der Waals surface area contributed by atoms with Crippen molar-refractivity contribution in [1.29, 1.82) is 0 Å². The van der Waals surface area contributed by atoms with Gasteiger partial charge in [-0.2, -0.15) is 0 Å². The van der Waals surface area contributed by atoms with E-state index in [4.69, 9.17) is 0 Å². The number of carbonyl (C=O) groups excluding carboxylic acids is 2. The molecule has 0 spiro atoms. The number of hydrogen-bond donors (Lipinski definition) is 0. The molecule has 0 saturated heterocycles. The van der Waals surface area contributed by atoms with Gasteiger partial charge in [-0.05, 0) is 24.1 Å². The summed E-state index contributed by atoms with van der Waals surface area (Å²) < 4.78 is 17.6. The lowest BCUT2D eigenvalue weighted by Crippen LogP contribution is -2.26. The summed E-state index contributed by atoms with van der Waals surface area (Å²) in [6.07, 6.45) is 0.186. The Morgan fingerprint density at radius 3 is 2.58 bits per heavy atom. The summed E-state index contributed by atoms with van der Waals surface area (Å²) in [5.41, 5.74) is 1.40. The van der Waals surface area contributed by atoms with Crippen molar-refractivity contribution >= 4 is 11.9 Å². The highest BCUT2D eigenvalue weighted by Gasteiger charge is 2.12. The van der Waals surface area contributed by atoms with Gasteiger partial charge in [-0.25, -0.2) is 4.39 Å². The molecule has 0 N–H and O–H groups in total. The average molecular weight is 267 g/mol. The summed E-state index contributed by atoms with van der Waals surface area (Å²) in [6.45, 7) is 2.07. The Morgan fingerprint density at radius 1 is 1.32 bits per heavy atom. The van der Waals surface area contributed by atoms with Crippen LogP contribution in [0, 0.1) is 12.7 Å². The Kier molecular flexibility index (Phi) is 5.48. The molecule has 1 rings (SSSR count). The van der Waals surface area contributed by atoms with E-state index in [1.165, 1.54) is 18.1 Å². The van der Waals surface area contributed by atoms with Gasteiger partial charge >= 0.3 is 5.97 Å². The first-order chi connectivity index (χ1) is 8.93. The summed E-state index contributed by atoms with van der Waals surface area (Å²) in [7, 11) is 2.94. The second kappa shape index (κ2) is 6.87.